The van der Waals surface area contributed by atoms with E-state index in [0.717, 1.165) is 18.7 Å². The third kappa shape index (κ3) is 2.61. The van der Waals surface area contributed by atoms with E-state index in [1.807, 2.05) is 30.3 Å². The molecule has 0 saturated carbocycles. The van der Waals surface area contributed by atoms with Crippen molar-refractivity contribution in [2.45, 2.75) is 12.5 Å². The Hall–Kier alpha value is -2.93. The Morgan fingerprint density at radius 2 is 2.15 bits per heavy atom. The van der Waals surface area contributed by atoms with Gasteiger partial charge in [0.15, 0.2) is 5.65 Å². The van der Waals surface area contributed by atoms with Crippen molar-refractivity contribution in [1.82, 2.24) is 19.7 Å². The summed E-state index contributed by atoms with van der Waals surface area (Å²) in [5.74, 6) is 1.38. The molecule has 0 radical (unpaired) electrons. The summed E-state index contributed by atoms with van der Waals surface area (Å²) in [6.45, 7) is 1.51. The number of hydrogen-bond donors (Lipinski definition) is 2. The normalized spacial score (nSPS) is 24.2. The average molecular weight is 349 g/mol. The summed E-state index contributed by atoms with van der Waals surface area (Å²) in [5, 5.41) is 8.09. The Morgan fingerprint density at radius 3 is 3.04 bits per heavy atom. The van der Waals surface area contributed by atoms with Crippen molar-refractivity contribution < 1.29 is 4.74 Å². The minimum absolute atomic E-state index is 0.192. The molecule has 7 nitrogen and oxygen atoms in total. The predicted molar refractivity (Wildman–Crippen MR) is 98.5 cm³/mol. The fourth-order valence-corrected chi connectivity index (χ4v) is 3.75. The molecule has 2 aliphatic rings. The first-order chi connectivity index (χ1) is 12.8. The molecule has 1 aliphatic carbocycles. The molecule has 1 saturated heterocycles. The Morgan fingerprint density at radius 1 is 1.27 bits per heavy atom. The van der Waals surface area contributed by atoms with Gasteiger partial charge in [0, 0.05) is 6.54 Å². The van der Waals surface area contributed by atoms with Crippen LogP contribution in [-0.4, -0.2) is 39.0 Å². The second-order valence-corrected chi connectivity index (χ2v) is 6.84. The summed E-state index contributed by atoms with van der Waals surface area (Å²) in [6.07, 6.45) is 7.26. The lowest BCUT2D eigenvalue weighted by Crippen LogP contribution is -2.25. The van der Waals surface area contributed by atoms with Gasteiger partial charge in [-0.25, -0.2) is 4.68 Å². The molecule has 3 atom stereocenters. The van der Waals surface area contributed by atoms with Crippen LogP contribution in [-0.2, 0) is 4.74 Å². The van der Waals surface area contributed by atoms with E-state index in [2.05, 4.69) is 32.5 Å². The number of hydrogen-bond acceptors (Lipinski definition) is 5. The molecule has 3 aromatic rings. The molecule has 0 spiro atoms. The van der Waals surface area contributed by atoms with Crippen molar-refractivity contribution in [3.8, 4) is 5.69 Å². The second kappa shape index (κ2) is 6.10. The van der Waals surface area contributed by atoms with Crippen LogP contribution in [0.1, 0.15) is 6.42 Å². The van der Waals surface area contributed by atoms with Gasteiger partial charge >= 0.3 is 0 Å². The fraction of sp³-hybridized carbons (Fsp3) is 0.316. The maximum atomic E-state index is 12.4. The summed E-state index contributed by atoms with van der Waals surface area (Å²) in [5.41, 5.74) is 1.23. The highest BCUT2D eigenvalue weighted by Gasteiger charge is 2.32. The monoisotopic (exact) mass is 349 g/mol. The van der Waals surface area contributed by atoms with Gasteiger partial charge in [0.25, 0.3) is 5.56 Å². The Balaban J connectivity index is 1.44. The van der Waals surface area contributed by atoms with Crippen LogP contribution >= 0.6 is 0 Å². The van der Waals surface area contributed by atoms with Crippen LogP contribution in [0, 0.1) is 11.8 Å². The number of nitrogens with one attached hydrogen (secondary N) is 2. The molecule has 2 bridgehead atoms. The van der Waals surface area contributed by atoms with Crippen molar-refractivity contribution in [2.75, 3.05) is 18.5 Å². The van der Waals surface area contributed by atoms with Gasteiger partial charge in [0.05, 0.1) is 24.6 Å². The van der Waals surface area contributed by atoms with Crippen LogP contribution in [0.5, 0.6) is 0 Å². The maximum absolute atomic E-state index is 12.4. The Kier molecular flexibility index (Phi) is 3.60. The lowest BCUT2D eigenvalue weighted by molar-refractivity contribution is 0.140. The van der Waals surface area contributed by atoms with E-state index in [9.17, 15) is 4.79 Å². The van der Waals surface area contributed by atoms with Crippen LogP contribution in [0.2, 0.25) is 0 Å². The molecule has 2 aromatic heterocycles. The third-order valence-corrected chi connectivity index (χ3v) is 5.18. The molecule has 7 heteroatoms. The van der Waals surface area contributed by atoms with E-state index in [4.69, 9.17) is 4.74 Å². The van der Waals surface area contributed by atoms with Crippen LogP contribution < -0.4 is 10.9 Å². The smallest absolute Gasteiger partial charge is 0.263 e. The number of H-pyrrole nitrogens is 1. The first-order valence-electron chi connectivity index (χ1n) is 8.85. The largest absolute Gasteiger partial charge is 0.374 e. The highest BCUT2D eigenvalue weighted by molar-refractivity contribution is 5.76. The minimum Gasteiger partial charge on any atom is -0.374 e. The fourth-order valence-electron chi connectivity index (χ4n) is 3.75. The molecule has 2 N–H and O–H groups in total. The van der Waals surface area contributed by atoms with Gasteiger partial charge in [-0.15, -0.1) is 0 Å². The SMILES string of the molecule is O=c1[nH]c(NC[C@@H]2C=C[C@H]3C[C@@H]2CO3)nc2c1cnn2-c1ccccc1. The first kappa shape index (κ1) is 15.3. The molecular formula is C19H19N5O2. The molecule has 0 unspecified atom stereocenters. The van der Waals surface area contributed by atoms with Crippen molar-refractivity contribution in [2.24, 2.45) is 11.8 Å². The Labute approximate surface area is 149 Å². The quantitative estimate of drug-likeness (QED) is 0.705. The zero-order valence-electron chi connectivity index (χ0n) is 14.1. The standard InChI is InChI=1S/C19H19N5O2/c25-18-16-10-21-24(14-4-2-1-3-5-14)17(16)22-19(23-18)20-9-12-6-7-15-8-13(12)11-26-15/h1-7,10,12-13,15H,8-9,11H2,(H2,20,22,23,25)/t12-,13+,15-/m0/s1. The van der Waals surface area contributed by atoms with Gasteiger partial charge in [-0.3, -0.25) is 9.78 Å². The number of fused-ring (bicyclic) bond motifs is 3. The Bertz CT molecular complexity index is 1020. The highest BCUT2D eigenvalue weighted by Crippen LogP contribution is 2.32. The average Bonchev–Trinajstić information content (AvgIpc) is 3.26. The molecule has 1 fully saturated rings. The minimum atomic E-state index is -0.192. The number of rotatable bonds is 4. The number of aromatic nitrogens is 4. The summed E-state index contributed by atoms with van der Waals surface area (Å²) < 4.78 is 7.38. The van der Waals surface area contributed by atoms with E-state index < -0.39 is 0 Å². The van der Waals surface area contributed by atoms with Crippen LogP contribution in [0.3, 0.4) is 0 Å². The van der Waals surface area contributed by atoms with Gasteiger partial charge in [-0.1, -0.05) is 30.4 Å². The zero-order valence-corrected chi connectivity index (χ0v) is 14.1. The molecule has 26 heavy (non-hydrogen) atoms. The second-order valence-electron chi connectivity index (χ2n) is 6.84. The lowest BCUT2D eigenvalue weighted by Gasteiger charge is -2.22. The highest BCUT2D eigenvalue weighted by atomic mass is 16.5. The maximum Gasteiger partial charge on any atom is 0.263 e. The summed E-state index contributed by atoms with van der Waals surface area (Å²) >= 11 is 0. The van der Waals surface area contributed by atoms with Gasteiger partial charge in [-0.2, -0.15) is 10.1 Å². The lowest BCUT2D eigenvalue weighted by atomic mass is 9.85. The topological polar surface area (TPSA) is 84.8 Å². The number of nitrogens with zero attached hydrogens (tertiary/aromatic N) is 3. The molecule has 3 heterocycles. The van der Waals surface area contributed by atoms with Crippen LogP contribution in [0.15, 0.2) is 53.5 Å². The van der Waals surface area contributed by atoms with Gasteiger partial charge in [-0.05, 0) is 30.4 Å². The zero-order chi connectivity index (χ0) is 17.5. The van der Waals surface area contributed by atoms with Crippen molar-refractivity contribution >= 4 is 17.0 Å². The summed E-state index contributed by atoms with van der Waals surface area (Å²) in [4.78, 5) is 19.8. The number of benzene rings is 1. The van der Waals surface area contributed by atoms with Gasteiger partial charge in [0.1, 0.15) is 5.39 Å². The molecule has 0 amide bonds. The van der Waals surface area contributed by atoms with E-state index in [0.29, 0.717) is 35.4 Å². The van der Waals surface area contributed by atoms with Crippen LogP contribution in [0.25, 0.3) is 16.7 Å². The van der Waals surface area contributed by atoms with E-state index >= 15 is 0 Å². The predicted octanol–water partition coefficient (Wildman–Crippen LogP) is 2.11. The molecule has 1 aliphatic heterocycles. The van der Waals surface area contributed by atoms with E-state index in [1.54, 1.807) is 10.9 Å². The van der Waals surface area contributed by atoms with E-state index in [1.165, 1.54) is 0 Å². The van der Waals surface area contributed by atoms with Gasteiger partial charge in [0.2, 0.25) is 5.95 Å². The third-order valence-electron chi connectivity index (χ3n) is 5.18. The van der Waals surface area contributed by atoms with Crippen LogP contribution in [0.4, 0.5) is 5.95 Å². The number of aromatic amines is 1. The van der Waals surface area contributed by atoms with Crippen molar-refractivity contribution in [3.63, 3.8) is 0 Å². The summed E-state index contributed by atoms with van der Waals surface area (Å²) in [6, 6.07) is 9.68. The number of anilines is 1. The van der Waals surface area contributed by atoms with E-state index in [-0.39, 0.29) is 11.7 Å². The van der Waals surface area contributed by atoms with Crippen molar-refractivity contribution in [3.05, 3.63) is 59.0 Å². The molecule has 132 valence electrons. The number of para-hydroxylation sites is 1. The molecule has 5 rings (SSSR count). The molecule has 1 aromatic carbocycles. The summed E-state index contributed by atoms with van der Waals surface area (Å²) in [7, 11) is 0. The van der Waals surface area contributed by atoms with Gasteiger partial charge < -0.3 is 10.1 Å². The number of ether oxygens (including phenoxy) is 1. The first-order valence-corrected chi connectivity index (χ1v) is 8.85. The van der Waals surface area contributed by atoms with Crippen molar-refractivity contribution in [1.29, 1.82) is 0 Å². The molecular weight excluding hydrogens is 330 g/mol.